The van der Waals surface area contributed by atoms with Crippen LogP contribution in [0.4, 0.5) is 18.9 Å². The summed E-state index contributed by atoms with van der Waals surface area (Å²) in [6, 6.07) is 10.9. The van der Waals surface area contributed by atoms with Gasteiger partial charge in [-0.1, -0.05) is 25.1 Å². The molecule has 2 aromatic carbocycles. The fraction of sp³-hybridized carbons (Fsp3) is 0.158. The minimum absolute atomic E-state index is 0.278. The number of aromatic amines is 1. The van der Waals surface area contributed by atoms with Crippen molar-refractivity contribution >= 4 is 22.5 Å². The number of halogens is 3. The van der Waals surface area contributed by atoms with Crippen molar-refractivity contribution in [3.8, 4) is 0 Å². The number of anilines is 1. The first-order chi connectivity index (χ1) is 12.3. The lowest BCUT2D eigenvalue weighted by molar-refractivity contribution is -0.137. The first-order valence-electron chi connectivity index (χ1n) is 7.93. The maximum Gasteiger partial charge on any atom is 0.417 e. The fourth-order valence-electron chi connectivity index (χ4n) is 2.83. The summed E-state index contributed by atoms with van der Waals surface area (Å²) in [4.78, 5) is 26.7. The molecule has 3 rings (SSSR count). The number of aryl methyl sites for hydroxylation is 1. The number of pyridine rings is 1. The van der Waals surface area contributed by atoms with Crippen molar-refractivity contribution in [3.63, 3.8) is 0 Å². The van der Waals surface area contributed by atoms with E-state index in [2.05, 4.69) is 10.3 Å². The van der Waals surface area contributed by atoms with E-state index >= 15 is 0 Å². The van der Waals surface area contributed by atoms with Crippen LogP contribution < -0.4 is 10.9 Å². The third-order valence-electron chi connectivity index (χ3n) is 4.04. The van der Waals surface area contributed by atoms with E-state index in [0.717, 1.165) is 23.1 Å². The van der Waals surface area contributed by atoms with Crippen LogP contribution in [-0.4, -0.2) is 10.9 Å². The topological polar surface area (TPSA) is 62.0 Å². The molecule has 0 spiro atoms. The number of rotatable bonds is 3. The zero-order valence-electron chi connectivity index (χ0n) is 13.8. The number of aromatic nitrogens is 1. The van der Waals surface area contributed by atoms with Gasteiger partial charge in [-0.05, 0) is 36.2 Å². The summed E-state index contributed by atoms with van der Waals surface area (Å²) in [6.45, 7) is 1.91. The van der Waals surface area contributed by atoms with Gasteiger partial charge in [0.1, 0.15) is 0 Å². The maximum atomic E-state index is 13.1. The van der Waals surface area contributed by atoms with Crippen LogP contribution in [0, 0.1) is 0 Å². The van der Waals surface area contributed by atoms with E-state index in [-0.39, 0.29) is 5.56 Å². The number of carbonyl (C=O) groups excluding carboxylic acids is 1. The molecule has 0 aliphatic carbocycles. The van der Waals surface area contributed by atoms with Gasteiger partial charge in [-0.3, -0.25) is 9.59 Å². The van der Waals surface area contributed by atoms with Gasteiger partial charge in [-0.2, -0.15) is 13.2 Å². The predicted molar refractivity (Wildman–Crippen MR) is 93.3 cm³/mol. The highest BCUT2D eigenvalue weighted by atomic mass is 19.4. The summed E-state index contributed by atoms with van der Waals surface area (Å²) in [5.74, 6) is -0.869. The molecule has 1 heterocycles. The van der Waals surface area contributed by atoms with E-state index in [1.54, 1.807) is 12.1 Å². The number of H-pyrrole nitrogens is 1. The van der Waals surface area contributed by atoms with E-state index in [0.29, 0.717) is 17.6 Å². The molecule has 0 bridgehead atoms. The van der Waals surface area contributed by atoms with E-state index in [1.165, 1.54) is 24.3 Å². The van der Waals surface area contributed by atoms with Crippen molar-refractivity contribution in [2.24, 2.45) is 0 Å². The van der Waals surface area contributed by atoms with Crippen LogP contribution >= 0.6 is 0 Å². The lowest BCUT2D eigenvalue weighted by atomic mass is 10.1. The molecule has 4 nitrogen and oxygen atoms in total. The number of hydrogen-bond acceptors (Lipinski definition) is 2. The number of fused-ring (bicyclic) bond motifs is 1. The molecular weight excluding hydrogens is 345 g/mol. The van der Waals surface area contributed by atoms with Crippen LogP contribution in [0.15, 0.2) is 53.3 Å². The summed E-state index contributed by atoms with van der Waals surface area (Å²) < 4.78 is 39.2. The number of nitrogens with one attached hydrogen (secondary N) is 2. The molecule has 2 N–H and O–H groups in total. The second kappa shape index (κ2) is 6.67. The Morgan fingerprint density at radius 1 is 1.12 bits per heavy atom. The molecule has 134 valence electrons. The molecule has 0 saturated heterocycles. The molecule has 26 heavy (non-hydrogen) atoms. The summed E-state index contributed by atoms with van der Waals surface area (Å²) in [7, 11) is 0. The summed E-state index contributed by atoms with van der Waals surface area (Å²) in [5, 5.41) is 3.28. The van der Waals surface area contributed by atoms with Crippen LogP contribution in [0.1, 0.15) is 28.4 Å². The van der Waals surface area contributed by atoms with Gasteiger partial charge in [0, 0.05) is 17.1 Å². The molecule has 0 aliphatic heterocycles. The Balaban J connectivity index is 1.97. The van der Waals surface area contributed by atoms with Crippen LogP contribution in [0.3, 0.4) is 0 Å². The van der Waals surface area contributed by atoms with Gasteiger partial charge >= 0.3 is 6.18 Å². The van der Waals surface area contributed by atoms with E-state index in [1.807, 2.05) is 6.92 Å². The van der Waals surface area contributed by atoms with Gasteiger partial charge in [-0.25, -0.2) is 0 Å². The normalized spacial score (nSPS) is 11.5. The van der Waals surface area contributed by atoms with Crippen molar-refractivity contribution in [2.75, 3.05) is 5.32 Å². The van der Waals surface area contributed by atoms with Gasteiger partial charge in [0.25, 0.3) is 5.91 Å². The summed E-state index contributed by atoms with van der Waals surface area (Å²) in [6.07, 6.45) is -3.97. The molecule has 3 aromatic rings. The van der Waals surface area contributed by atoms with Crippen molar-refractivity contribution < 1.29 is 18.0 Å². The van der Waals surface area contributed by atoms with Gasteiger partial charge in [0.15, 0.2) is 0 Å². The molecule has 0 saturated carbocycles. The highest BCUT2D eigenvalue weighted by Crippen LogP contribution is 2.32. The van der Waals surface area contributed by atoms with E-state index in [9.17, 15) is 22.8 Å². The van der Waals surface area contributed by atoms with Crippen molar-refractivity contribution in [1.82, 2.24) is 4.98 Å². The third kappa shape index (κ3) is 3.46. The van der Waals surface area contributed by atoms with Gasteiger partial charge in [-0.15, -0.1) is 0 Å². The molecule has 0 radical (unpaired) electrons. The number of hydrogen-bond donors (Lipinski definition) is 2. The maximum absolute atomic E-state index is 13.1. The van der Waals surface area contributed by atoms with E-state index < -0.39 is 23.2 Å². The van der Waals surface area contributed by atoms with Gasteiger partial charge in [0.2, 0.25) is 5.56 Å². The van der Waals surface area contributed by atoms with Crippen molar-refractivity contribution in [2.45, 2.75) is 19.5 Å². The van der Waals surface area contributed by atoms with Crippen LogP contribution in [0.25, 0.3) is 10.9 Å². The van der Waals surface area contributed by atoms with Crippen LogP contribution in [0.5, 0.6) is 0 Å². The van der Waals surface area contributed by atoms with Crippen molar-refractivity contribution in [1.29, 1.82) is 0 Å². The Hall–Kier alpha value is -3.09. The SMILES string of the molecule is CCc1cc(=O)[nH]c2cc(NC(=O)c3ccccc3C(F)(F)F)ccc12. The first-order valence-corrected chi connectivity index (χ1v) is 7.93. The van der Waals surface area contributed by atoms with Crippen molar-refractivity contribution in [3.05, 3.63) is 75.6 Å². The molecular formula is C19H15F3N2O2. The first kappa shape index (κ1) is 17.7. The second-order valence-electron chi connectivity index (χ2n) is 5.77. The standard InChI is InChI=1S/C19H15F3N2O2/c1-2-11-9-17(25)24-16-10-12(7-8-13(11)16)23-18(26)14-5-3-4-6-15(14)19(20,21)22/h3-10H,2H2,1H3,(H,23,26)(H,24,25). The minimum Gasteiger partial charge on any atom is -0.322 e. The highest BCUT2D eigenvalue weighted by Gasteiger charge is 2.34. The minimum atomic E-state index is -4.63. The van der Waals surface area contributed by atoms with E-state index in [4.69, 9.17) is 0 Å². The Kier molecular flexibility index (Phi) is 4.54. The monoisotopic (exact) mass is 360 g/mol. The molecule has 0 atom stereocenters. The quantitative estimate of drug-likeness (QED) is 0.729. The lowest BCUT2D eigenvalue weighted by Crippen LogP contribution is -2.18. The largest absolute Gasteiger partial charge is 0.417 e. The van der Waals surface area contributed by atoms with Crippen LogP contribution in [-0.2, 0) is 12.6 Å². The van der Waals surface area contributed by atoms with Crippen LogP contribution in [0.2, 0.25) is 0 Å². The molecule has 0 fully saturated rings. The molecule has 7 heteroatoms. The van der Waals surface area contributed by atoms with Gasteiger partial charge < -0.3 is 10.3 Å². The fourth-order valence-corrected chi connectivity index (χ4v) is 2.83. The highest BCUT2D eigenvalue weighted by molar-refractivity contribution is 6.06. The molecule has 1 amide bonds. The van der Waals surface area contributed by atoms with Gasteiger partial charge in [0.05, 0.1) is 16.6 Å². The third-order valence-corrected chi connectivity index (χ3v) is 4.04. The summed E-state index contributed by atoms with van der Waals surface area (Å²) >= 11 is 0. The second-order valence-corrected chi connectivity index (χ2v) is 5.77. The number of carbonyl (C=O) groups is 1. The predicted octanol–water partition coefficient (Wildman–Crippen LogP) is 4.36. The Morgan fingerprint density at radius 3 is 2.54 bits per heavy atom. The lowest BCUT2D eigenvalue weighted by Gasteiger charge is -2.13. The zero-order chi connectivity index (χ0) is 18.9. The Labute approximate surface area is 146 Å². The molecule has 0 unspecified atom stereocenters. The molecule has 1 aromatic heterocycles. The summed E-state index contributed by atoms with van der Waals surface area (Å²) in [5.41, 5.74) is -0.0835. The smallest absolute Gasteiger partial charge is 0.322 e. The average molecular weight is 360 g/mol. The number of benzene rings is 2. The zero-order valence-corrected chi connectivity index (χ0v) is 13.8. The average Bonchev–Trinajstić information content (AvgIpc) is 2.59. The number of alkyl halides is 3. The Morgan fingerprint density at radius 2 is 1.85 bits per heavy atom. The molecule has 0 aliphatic rings. The number of amides is 1. The Bertz CT molecular complexity index is 1040.